The van der Waals surface area contributed by atoms with E-state index < -0.39 is 0 Å². The van der Waals surface area contributed by atoms with Gasteiger partial charge in [-0.2, -0.15) is 0 Å². The Morgan fingerprint density at radius 1 is 1.27 bits per heavy atom. The summed E-state index contributed by atoms with van der Waals surface area (Å²) >= 11 is 0. The third-order valence-corrected chi connectivity index (χ3v) is 3.25. The molecule has 2 rings (SSSR count). The molecule has 78 valence electrons. The van der Waals surface area contributed by atoms with Crippen molar-refractivity contribution in [3.8, 4) is 0 Å². The van der Waals surface area contributed by atoms with Crippen molar-refractivity contribution in [2.24, 2.45) is 5.92 Å². The highest BCUT2D eigenvalue weighted by atomic mass is 14.2. The molecule has 1 aliphatic rings. The van der Waals surface area contributed by atoms with E-state index in [0.717, 1.165) is 0 Å². The molecule has 0 aliphatic heterocycles. The molecule has 0 aromatic heterocycles. The molecule has 0 heterocycles. The normalized spacial score (nSPS) is 20.9. The fraction of sp³-hybridized carbons (Fsp3) is 0.333. The molecule has 0 heteroatoms. The van der Waals surface area contributed by atoms with E-state index in [1.807, 2.05) is 0 Å². The Balaban J connectivity index is 2.12. The largest absolute Gasteiger partial charge is 0.0998 e. The molecule has 15 heavy (non-hydrogen) atoms. The summed E-state index contributed by atoms with van der Waals surface area (Å²) in [4.78, 5) is 0. The van der Waals surface area contributed by atoms with Crippen molar-refractivity contribution in [1.29, 1.82) is 0 Å². The maximum Gasteiger partial charge on any atom is -0.0171 e. The van der Waals surface area contributed by atoms with Gasteiger partial charge in [0, 0.05) is 0 Å². The molecule has 0 fully saturated rings. The van der Waals surface area contributed by atoms with Crippen molar-refractivity contribution in [3.63, 3.8) is 0 Å². The van der Waals surface area contributed by atoms with Crippen LogP contribution in [0.2, 0.25) is 0 Å². The average Bonchev–Trinajstić information content (AvgIpc) is 2.30. The van der Waals surface area contributed by atoms with Crippen molar-refractivity contribution in [2.75, 3.05) is 0 Å². The van der Waals surface area contributed by atoms with Gasteiger partial charge < -0.3 is 0 Å². The van der Waals surface area contributed by atoms with Gasteiger partial charge in [0.25, 0.3) is 0 Å². The number of hydrogen-bond acceptors (Lipinski definition) is 0. The fourth-order valence-electron chi connectivity index (χ4n) is 2.20. The van der Waals surface area contributed by atoms with Crippen LogP contribution >= 0.6 is 0 Å². The lowest BCUT2D eigenvalue weighted by molar-refractivity contribution is 0.562. The van der Waals surface area contributed by atoms with Gasteiger partial charge in [0.15, 0.2) is 0 Å². The molecule has 1 aromatic carbocycles. The zero-order chi connectivity index (χ0) is 10.7. The quantitative estimate of drug-likeness (QED) is 0.616. The van der Waals surface area contributed by atoms with Gasteiger partial charge in [-0.1, -0.05) is 48.6 Å². The van der Waals surface area contributed by atoms with E-state index in [1.165, 1.54) is 36.0 Å². The molecule has 0 radical (unpaired) electrons. The second kappa shape index (κ2) is 4.48. The smallest absolute Gasteiger partial charge is 0.0171 e. The summed E-state index contributed by atoms with van der Waals surface area (Å²) in [6.07, 6.45) is 6.01. The first-order chi connectivity index (χ1) is 7.27. The van der Waals surface area contributed by atoms with Crippen molar-refractivity contribution >= 4 is 5.57 Å². The minimum absolute atomic E-state index is 0.706. The van der Waals surface area contributed by atoms with E-state index in [9.17, 15) is 0 Å². The SMILES string of the molecule is C=C(C)[C@@H]1CC=C(c2ccccc2)CC1. The average molecular weight is 198 g/mol. The van der Waals surface area contributed by atoms with Crippen molar-refractivity contribution in [2.45, 2.75) is 26.2 Å². The zero-order valence-electron chi connectivity index (χ0n) is 9.37. The Morgan fingerprint density at radius 3 is 2.53 bits per heavy atom. The molecule has 0 nitrogen and oxygen atoms in total. The Bertz CT molecular complexity index is 370. The summed E-state index contributed by atoms with van der Waals surface area (Å²) in [5, 5.41) is 0. The zero-order valence-corrected chi connectivity index (χ0v) is 9.37. The molecule has 1 aromatic rings. The second-order valence-electron chi connectivity index (χ2n) is 4.41. The van der Waals surface area contributed by atoms with Gasteiger partial charge in [-0.05, 0) is 43.2 Å². The third kappa shape index (κ3) is 2.38. The van der Waals surface area contributed by atoms with Gasteiger partial charge in [0.1, 0.15) is 0 Å². The van der Waals surface area contributed by atoms with Crippen LogP contribution in [0.3, 0.4) is 0 Å². The number of benzene rings is 1. The van der Waals surface area contributed by atoms with Crippen LogP contribution in [-0.4, -0.2) is 0 Å². The Labute approximate surface area is 92.3 Å². The number of rotatable bonds is 2. The molecular weight excluding hydrogens is 180 g/mol. The first-order valence-electron chi connectivity index (χ1n) is 5.67. The van der Waals surface area contributed by atoms with Crippen LogP contribution < -0.4 is 0 Å². The van der Waals surface area contributed by atoms with Crippen LogP contribution in [0.1, 0.15) is 31.7 Å². The summed E-state index contributed by atoms with van der Waals surface area (Å²) in [6.45, 7) is 6.19. The molecule has 0 N–H and O–H groups in total. The lowest BCUT2D eigenvalue weighted by atomic mass is 9.83. The minimum Gasteiger partial charge on any atom is -0.0998 e. The minimum atomic E-state index is 0.706. The van der Waals surface area contributed by atoms with Crippen molar-refractivity contribution in [1.82, 2.24) is 0 Å². The van der Waals surface area contributed by atoms with E-state index in [-0.39, 0.29) is 0 Å². The predicted molar refractivity (Wildman–Crippen MR) is 66.6 cm³/mol. The lowest BCUT2D eigenvalue weighted by Crippen LogP contribution is -2.05. The highest BCUT2D eigenvalue weighted by Crippen LogP contribution is 2.32. The Morgan fingerprint density at radius 2 is 2.00 bits per heavy atom. The van der Waals surface area contributed by atoms with Gasteiger partial charge in [0.2, 0.25) is 0 Å². The standard InChI is InChI=1S/C15H18/c1-12(2)13-8-10-15(11-9-13)14-6-4-3-5-7-14/h3-7,10,13H,1,8-9,11H2,2H3/t13-/m1/s1. The third-order valence-electron chi connectivity index (χ3n) is 3.25. The molecule has 0 unspecified atom stereocenters. The Hall–Kier alpha value is -1.30. The highest BCUT2D eigenvalue weighted by molar-refractivity contribution is 5.66. The number of hydrogen-bond donors (Lipinski definition) is 0. The molecular formula is C15H18. The Kier molecular flexibility index (Phi) is 3.05. The summed E-state index contributed by atoms with van der Waals surface area (Å²) in [5.41, 5.74) is 4.23. The van der Waals surface area contributed by atoms with Crippen LogP contribution in [0.5, 0.6) is 0 Å². The van der Waals surface area contributed by atoms with Crippen LogP contribution in [0.15, 0.2) is 48.6 Å². The van der Waals surface area contributed by atoms with E-state index in [0.29, 0.717) is 5.92 Å². The molecule has 1 atom stereocenters. The highest BCUT2D eigenvalue weighted by Gasteiger charge is 2.15. The summed E-state index contributed by atoms with van der Waals surface area (Å²) in [6, 6.07) is 10.7. The summed E-state index contributed by atoms with van der Waals surface area (Å²) < 4.78 is 0. The van der Waals surface area contributed by atoms with Crippen LogP contribution in [0.25, 0.3) is 5.57 Å². The predicted octanol–water partition coefficient (Wildman–Crippen LogP) is 4.45. The molecule has 0 saturated heterocycles. The first kappa shape index (κ1) is 10.2. The van der Waals surface area contributed by atoms with Crippen molar-refractivity contribution < 1.29 is 0 Å². The van der Waals surface area contributed by atoms with Crippen LogP contribution in [0, 0.1) is 5.92 Å². The van der Waals surface area contributed by atoms with Gasteiger partial charge in [-0.15, -0.1) is 0 Å². The maximum absolute atomic E-state index is 4.05. The van der Waals surface area contributed by atoms with Gasteiger partial charge >= 0.3 is 0 Å². The second-order valence-corrected chi connectivity index (χ2v) is 4.41. The van der Waals surface area contributed by atoms with Crippen molar-refractivity contribution in [3.05, 3.63) is 54.1 Å². The summed E-state index contributed by atoms with van der Waals surface area (Å²) in [5.74, 6) is 0.706. The first-order valence-corrected chi connectivity index (χ1v) is 5.67. The number of allylic oxidation sites excluding steroid dienone is 3. The van der Waals surface area contributed by atoms with E-state index >= 15 is 0 Å². The molecule has 0 amide bonds. The maximum atomic E-state index is 4.05. The lowest BCUT2D eigenvalue weighted by Gasteiger charge is -2.22. The van der Waals surface area contributed by atoms with E-state index in [4.69, 9.17) is 0 Å². The van der Waals surface area contributed by atoms with E-state index in [1.54, 1.807) is 0 Å². The fourth-order valence-corrected chi connectivity index (χ4v) is 2.20. The van der Waals surface area contributed by atoms with Crippen LogP contribution in [-0.2, 0) is 0 Å². The van der Waals surface area contributed by atoms with E-state index in [2.05, 4.69) is 49.9 Å². The van der Waals surface area contributed by atoms with Gasteiger partial charge in [-0.3, -0.25) is 0 Å². The molecule has 0 bridgehead atoms. The summed E-state index contributed by atoms with van der Waals surface area (Å²) in [7, 11) is 0. The van der Waals surface area contributed by atoms with Gasteiger partial charge in [-0.25, -0.2) is 0 Å². The molecule has 0 spiro atoms. The molecule has 1 aliphatic carbocycles. The molecule has 0 saturated carbocycles. The van der Waals surface area contributed by atoms with Crippen LogP contribution in [0.4, 0.5) is 0 Å². The topological polar surface area (TPSA) is 0 Å². The van der Waals surface area contributed by atoms with Gasteiger partial charge in [0.05, 0.1) is 0 Å². The monoisotopic (exact) mass is 198 g/mol.